The number of nitrogens with zero attached hydrogens (tertiary/aromatic N) is 2. The van der Waals surface area contributed by atoms with Gasteiger partial charge in [0.2, 0.25) is 0 Å². The lowest BCUT2D eigenvalue weighted by atomic mass is 10.1. The van der Waals surface area contributed by atoms with E-state index in [-0.39, 0.29) is 0 Å². The summed E-state index contributed by atoms with van der Waals surface area (Å²) in [5.74, 6) is 0. The van der Waals surface area contributed by atoms with Gasteiger partial charge in [-0.05, 0) is 36.7 Å². The molecule has 0 spiro atoms. The van der Waals surface area contributed by atoms with Crippen LogP contribution in [-0.2, 0) is 6.42 Å². The molecule has 0 unspecified atom stereocenters. The SMILES string of the molecule is NCCc1ccc(Br)cc1-n1ncc2ccccc21. The van der Waals surface area contributed by atoms with Crippen LogP contribution in [0.2, 0.25) is 0 Å². The van der Waals surface area contributed by atoms with E-state index >= 15 is 0 Å². The molecule has 4 heteroatoms. The summed E-state index contributed by atoms with van der Waals surface area (Å²) in [6.07, 6.45) is 2.74. The maximum absolute atomic E-state index is 5.69. The summed E-state index contributed by atoms with van der Waals surface area (Å²) in [5, 5.41) is 5.64. The number of hydrogen-bond acceptors (Lipinski definition) is 2. The topological polar surface area (TPSA) is 43.8 Å². The van der Waals surface area contributed by atoms with Crippen molar-refractivity contribution in [1.82, 2.24) is 9.78 Å². The van der Waals surface area contributed by atoms with Crippen LogP contribution >= 0.6 is 15.9 Å². The van der Waals surface area contributed by atoms with E-state index in [1.165, 1.54) is 5.56 Å². The van der Waals surface area contributed by atoms with Gasteiger partial charge in [-0.1, -0.05) is 40.2 Å². The lowest BCUT2D eigenvalue weighted by Gasteiger charge is -2.10. The van der Waals surface area contributed by atoms with Gasteiger partial charge in [-0.3, -0.25) is 0 Å². The molecule has 0 aliphatic rings. The predicted molar refractivity (Wildman–Crippen MR) is 81.5 cm³/mol. The van der Waals surface area contributed by atoms with Crippen molar-refractivity contribution in [2.45, 2.75) is 6.42 Å². The molecule has 96 valence electrons. The van der Waals surface area contributed by atoms with E-state index in [1.807, 2.05) is 29.1 Å². The molecule has 0 aliphatic heterocycles. The van der Waals surface area contributed by atoms with E-state index in [1.54, 1.807) is 0 Å². The van der Waals surface area contributed by atoms with Crippen LogP contribution in [0.1, 0.15) is 5.56 Å². The molecule has 3 nitrogen and oxygen atoms in total. The van der Waals surface area contributed by atoms with Crippen LogP contribution in [0.15, 0.2) is 53.1 Å². The fourth-order valence-electron chi connectivity index (χ4n) is 2.26. The van der Waals surface area contributed by atoms with Crippen LogP contribution in [0, 0.1) is 0 Å². The lowest BCUT2D eigenvalue weighted by Crippen LogP contribution is -2.07. The van der Waals surface area contributed by atoms with Crippen molar-refractivity contribution >= 4 is 26.8 Å². The van der Waals surface area contributed by atoms with Gasteiger partial charge < -0.3 is 5.73 Å². The standard InChI is InChI=1S/C15H14BrN3/c16-13-6-5-11(7-8-17)15(9-13)19-14-4-2-1-3-12(14)10-18-19/h1-6,9-10H,7-8,17H2. The van der Waals surface area contributed by atoms with Gasteiger partial charge in [0.25, 0.3) is 0 Å². The van der Waals surface area contributed by atoms with Crippen LogP contribution < -0.4 is 5.73 Å². The van der Waals surface area contributed by atoms with Crippen molar-refractivity contribution in [3.8, 4) is 5.69 Å². The van der Waals surface area contributed by atoms with Gasteiger partial charge in [0.1, 0.15) is 0 Å². The molecule has 0 saturated heterocycles. The normalized spacial score (nSPS) is 11.1. The average Bonchev–Trinajstić information content (AvgIpc) is 2.85. The predicted octanol–water partition coefficient (Wildman–Crippen LogP) is 3.29. The van der Waals surface area contributed by atoms with E-state index in [0.29, 0.717) is 6.54 Å². The van der Waals surface area contributed by atoms with Gasteiger partial charge in [0.05, 0.1) is 17.4 Å². The van der Waals surface area contributed by atoms with Crippen molar-refractivity contribution in [3.05, 3.63) is 58.7 Å². The number of halogens is 1. The molecule has 0 aliphatic carbocycles. The molecular formula is C15H14BrN3. The summed E-state index contributed by atoms with van der Waals surface area (Å²) in [6.45, 7) is 0.633. The van der Waals surface area contributed by atoms with Gasteiger partial charge in [-0.25, -0.2) is 4.68 Å². The summed E-state index contributed by atoms with van der Waals surface area (Å²) in [7, 11) is 0. The Labute approximate surface area is 120 Å². The number of hydrogen-bond donors (Lipinski definition) is 1. The second-order valence-electron chi connectivity index (χ2n) is 4.43. The highest BCUT2D eigenvalue weighted by atomic mass is 79.9. The van der Waals surface area contributed by atoms with E-state index in [9.17, 15) is 0 Å². The van der Waals surface area contributed by atoms with E-state index < -0.39 is 0 Å². The third-order valence-corrected chi connectivity index (χ3v) is 3.66. The fraction of sp³-hybridized carbons (Fsp3) is 0.133. The number of fused-ring (bicyclic) bond motifs is 1. The minimum Gasteiger partial charge on any atom is -0.330 e. The molecule has 3 rings (SSSR count). The van der Waals surface area contributed by atoms with Gasteiger partial charge >= 0.3 is 0 Å². The monoisotopic (exact) mass is 315 g/mol. The van der Waals surface area contributed by atoms with Gasteiger partial charge in [0, 0.05) is 9.86 Å². The molecule has 3 aromatic rings. The molecule has 2 aromatic carbocycles. The zero-order valence-electron chi connectivity index (χ0n) is 10.4. The quantitative estimate of drug-likeness (QED) is 0.806. The molecule has 1 aromatic heterocycles. The zero-order chi connectivity index (χ0) is 13.2. The van der Waals surface area contributed by atoms with Crippen LogP contribution in [0.5, 0.6) is 0 Å². The molecule has 19 heavy (non-hydrogen) atoms. The Kier molecular flexibility index (Phi) is 3.36. The molecular weight excluding hydrogens is 302 g/mol. The first-order valence-corrected chi connectivity index (χ1v) is 7.00. The smallest absolute Gasteiger partial charge is 0.0741 e. The van der Waals surface area contributed by atoms with E-state index in [4.69, 9.17) is 5.73 Å². The summed E-state index contributed by atoms with van der Waals surface area (Å²) in [6, 6.07) is 14.4. The van der Waals surface area contributed by atoms with Gasteiger partial charge in [-0.2, -0.15) is 5.10 Å². The Morgan fingerprint density at radius 1 is 1.16 bits per heavy atom. The number of aromatic nitrogens is 2. The maximum atomic E-state index is 5.69. The summed E-state index contributed by atoms with van der Waals surface area (Å²) < 4.78 is 3.02. The van der Waals surface area contributed by atoms with Crippen LogP contribution in [0.3, 0.4) is 0 Å². The second-order valence-corrected chi connectivity index (χ2v) is 5.34. The zero-order valence-corrected chi connectivity index (χ0v) is 12.0. The largest absolute Gasteiger partial charge is 0.330 e. The number of para-hydroxylation sites is 1. The first kappa shape index (κ1) is 12.4. The summed E-state index contributed by atoms with van der Waals surface area (Å²) >= 11 is 3.52. The first-order valence-electron chi connectivity index (χ1n) is 6.21. The lowest BCUT2D eigenvalue weighted by molar-refractivity contribution is 0.872. The Morgan fingerprint density at radius 2 is 2.00 bits per heavy atom. The Balaban J connectivity index is 2.23. The molecule has 0 bridgehead atoms. The van der Waals surface area contributed by atoms with Crippen molar-refractivity contribution < 1.29 is 0 Å². The van der Waals surface area contributed by atoms with E-state index in [0.717, 1.165) is 27.5 Å². The second kappa shape index (κ2) is 5.15. The van der Waals surface area contributed by atoms with E-state index in [2.05, 4.69) is 45.3 Å². The Morgan fingerprint density at radius 3 is 2.84 bits per heavy atom. The van der Waals surface area contributed by atoms with Gasteiger partial charge in [0.15, 0.2) is 0 Å². The highest BCUT2D eigenvalue weighted by molar-refractivity contribution is 9.10. The molecule has 0 radical (unpaired) electrons. The molecule has 1 heterocycles. The summed E-state index contributed by atoms with van der Waals surface area (Å²) in [4.78, 5) is 0. The molecule has 0 fully saturated rings. The fourth-order valence-corrected chi connectivity index (χ4v) is 2.61. The number of nitrogens with two attached hydrogens (primary N) is 1. The van der Waals surface area contributed by atoms with Crippen LogP contribution in [-0.4, -0.2) is 16.3 Å². The Hall–Kier alpha value is -1.65. The number of benzene rings is 2. The van der Waals surface area contributed by atoms with Crippen molar-refractivity contribution in [1.29, 1.82) is 0 Å². The maximum Gasteiger partial charge on any atom is 0.0741 e. The molecule has 0 amide bonds. The highest BCUT2D eigenvalue weighted by Gasteiger charge is 2.09. The van der Waals surface area contributed by atoms with Crippen LogP contribution in [0.25, 0.3) is 16.6 Å². The van der Waals surface area contributed by atoms with Crippen molar-refractivity contribution in [3.63, 3.8) is 0 Å². The molecule has 0 atom stereocenters. The molecule has 0 saturated carbocycles. The number of rotatable bonds is 3. The minimum absolute atomic E-state index is 0.633. The Bertz CT molecular complexity index is 718. The first-order chi connectivity index (χ1) is 9.29. The third kappa shape index (κ3) is 2.29. The minimum atomic E-state index is 0.633. The molecule has 2 N–H and O–H groups in total. The van der Waals surface area contributed by atoms with Crippen molar-refractivity contribution in [2.75, 3.05) is 6.54 Å². The van der Waals surface area contributed by atoms with Gasteiger partial charge in [-0.15, -0.1) is 0 Å². The average molecular weight is 316 g/mol. The van der Waals surface area contributed by atoms with Crippen LogP contribution in [0.4, 0.5) is 0 Å². The highest BCUT2D eigenvalue weighted by Crippen LogP contribution is 2.24. The summed E-state index contributed by atoms with van der Waals surface area (Å²) in [5.41, 5.74) is 9.09. The third-order valence-electron chi connectivity index (χ3n) is 3.17. The van der Waals surface area contributed by atoms with Crippen molar-refractivity contribution in [2.24, 2.45) is 5.73 Å².